The molecule has 1 aromatic heterocycles. The lowest BCUT2D eigenvalue weighted by atomic mass is 9.83. The SMILES string of the molecule is N#CC(C#N)[C@@H](CC(=O)c1cccs1)c1cccc(Cl)c1Cl. The molecule has 0 fully saturated rings. The standard InChI is InChI=1S/C16H10Cl2N2OS/c17-13-4-1-3-11(16(13)18)12(10(8-19)9-20)7-14(21)15-5-2-6-22-15/h1-6,10,12H,7H2/t12-/m1/s1. The van der Waals surface area contributed by atoms with E-state index in [1.807, 2.05) is 12.1 Å². The Morgan fingerprint density at radius 1 is 1.18 bits per heavy atom. The van der Waals surface area contributed by atoms with Crippen LogP contribution in [0.3, 0.4) is 0 Å². The smallest absolute Gasteiger partial charge is 0.173 e. The van der Waals surface area contributed by atoms with Crippen LogP contribution in [0, 0.1) is 28.6 Å². The number of nitriles is 2. The number of thiophene rings is 1. The van der Waals surface area contributed by atoms with E-state index in [0.717, 1.165) is 0 Å². The van der Waals surface area contributed by atoms with Gasteiger partial charge in [-0.1, -0.05) is 41.4 Å². The zero-order chi connectivity index (χ0) is 16.1. The minimum absolute atomic E-state index is 0.0341. The largest absolute Gasteiger partial charge is 0.293 e. The lowest BCUT2D eigenvalue weighted by Gasteiger charge is -2.18. The second kappa shape index (κ2) is 7.42. The van der Waals surface area contributed by atoms with Crippen molar-refractivity contribution in [3.8, 4) is 12.1 Å². The van der Waals surface area contributed by atoms with Crippen LogP contribution in [0.4, 0.5) is 0 Å². The van der Waals surface area contributed by atoms with E-state index in [2.05, 4.69) is 0 Å². The van der Waals surface area contributed by atoms with Crippen LogP contribution in [-0.2, 0) is 0 Å². The van der Waals surface area contributed by atoms with Gasteiger partial charge >= 0.3 is 0 Å². The van der Waals surface area contributed by atoms with Gasteiger partial charge in [0.1, 0.15) is 5.92 Å². The van der Waals surface area contributed by atoms with Crippen LogP contribution in [0.2, 0.25) is 10.0 Å². The first-order chi connectivity index (χ1) is 10.6. The van der Waals surface area contributed by atoms with E-state index in [4.69, 9.17) is 23.2 Å². The molecule has 0 radical (unpaired) electrons. The van der Waals surface area contributed by atoms with Crippen molar-refractivity contribution in [3.05, 3.63) is 56.2 Å². The van der Waals surface area contributed by atoms with E-state index in [1.54, 1.807) is 35.7 Å². The van der Waals surface area contributed by atoms with Crippen LogP contribution < -0.4 is 0 Å². The Hall–Kier alpha value is -1.85. The molecule has 0 amide bonds. The van der Waals surface area contributed by atoms with Crippen molar-refractivity contribution < 1.29 is 4.79 Å². The van der Waals surface area contributed by atoms with Crippen molar-refractivity contribution in [3.63, 3.8) is 0 Å². The van der Waals surface area contributed by atoms with Gasteiger partial charge in [0.15, 0.2) is 5.78 Å². The molecule has 1 aromatic carbocycles. The number of hydrogen-bond acceptors (Lipinski definition) is 4. The van der Waals surface area contributed by atoms with Gasteiger partial charge in [-0.25, -0.2) is 0 Å². The molecule has 0 aliphatic heterocycles. The maximum absolute atomic E-state index is 12.3. The summed E-state index contributed by atoms with van der Waals surface area (Å²) in [7, 11) is 0. The van der Waals surface area contributed by atoms with Crippen molar-refractivity contribution in [1.82, 2.24) is 0 Å². The molecular weight excluding hydrogens is 339 g/mol. The average Bonchev–Trinajstić information content (AvgIpc) is 3.04. The van der Waals surface area contributed by atoms with E-state index < -0.39 is 11.8 Å². The number of carbonyl (C=O) groups excluding carboxylic acids is 1. The normalized spacial score (nSPS) is 11.7. The molecule has 1 heterocycles. The molecule has 2 aromatic rings. The van der Waals surface area contributed by atoms with Crippen LogP contribution in [0.1, 0.15) is 27.6 Å². The molecule has 110 valence electrons. The summed E-state index contributed by atoms with van der Waals surface area (Å²) >= 11 is 13.5. The second-order valence-electron chi connectivity index (χ2n) is 4.59. The highest BCUT2D eigenvalue weighted by molar-refractivity contribution is 7.12. The number of Topliss-reactive ketones (excluding diaryl/α,β-unsaturated/α-hetero) is 1. The summed E-state index contributed by atoms with van der Waals surface area (Å²) in [6.45, 7) is 0. The highest BCUT2D eigenvalue weighted by Crippen LogP contribution is 2.37. The summed E-state index contributed by atoms with van der Waals surface area (Å²) in [6.07, 6.45) is 0.0341. The summed E-state index contributed by atoms with van der Waals surface area (Å²) in [5.41, 5.74) is 0.548. The summed E-state index contributed by atoms with van der Waals surface area (Å²) in [5, 5.41) is 20.8. The Balaban J connectivity index is 2.40. The van der Waals surface area contributed by atoms with Gasteiger partial charge in [-0.15, -0.1) is 11.3 Å². The molecule has 2 rings (SSSR count). The summed E-state index contributed by atoms with van der Waals surface area (Å²) in [6, 6.07) is 12.4. The highest BCUT2D eigenvalue weighted by atomic mass is 35.5. The van der Waals surface area contributed by atoms with E-state index in [0.29, 0.717) is 15.5 Å². The number of rotatable bonds is 5. The molecular formula is C16H10Cl2N2OS. The maximum atomic E-state index is 12.3. The molecule has 0 saturated carbocycles. The molecule has 0 aliphatic carbocycles. The monoisotopic (exact) mass is 348 g/mol. The van der Waals surface area contributed by atoms with Gasteiger partial charge in [0, 0.05) is 12.3 Å². The molecule has 22 heavy (non-hydrogen) atoms. The third kappa shape index (κ3) is 3.48. The maximum Gasteiger partial charge on any atom is 0.173 e. The topological polar surface area (TPSA) is 64.7 Å². The molecule has 0 N–H and O–H groups in total. The zero-order valence-electron chi connectivity index (χ0n) is 11.3. The van der Waals surface area contributed by atoms with Gasteiger partial charge in [0.2, 0.25) is 0 Å². The zero-order valence-corrected chi connectivity index (χ0v) is 13.6. The van der Waals surface area contributed by atoms with Gasteiger partial charge in [0.25, 0.3) is 0 Å². The molecule has 0 spiro atoms. The third-order valence-corrected chi connectivity index (χ3v) is 5.01. The summed E-state index contributed by atoms with van der Waals surface area (Å²) < 4.78 is 0. The Morgan fingerprint density at radius 3 is 2.50 bits per heavy atom. The number of benzene rings is 1. The number of ketones is 1. The molecule has 0 bridgehead atoms. The fourth-order valence-corrected chi connectivity index (χ4v) is 3.28. The summed E-state index contributed by atoms with van der Waals surface area (Å²) in [4.78, 5) is 12.9. The first-order valence-corrected chi connectivity index (χ1v) is 8.02. The molecule has 3 nitrogen and oxygen atoms in total. The van der Waals surface area contributed by atoms with Crippen LogP contribution in [0.5, 0.6) is 0 Å². The van der Waals surface area contributed by atoms with E-state index in [1.165, 1.54) is 11.3 Å². The average molecular weight is 349 g/mol. The van der Waals surface area contributed by atoms with Crippen molar-refractivity contribution in [2.75, 3.05) is 0 Å². The highest BCUT2D eigenvalue weighted by Gasteiger charge is 2.28. The van der Waals surface area contributed by atoms with Crippen molar-refractivity contribution in [2.45, 2.75) is 12.3 Å². The predicted octanol–water partition coefficient (Wildman–Crippen LogP) is 5.07. The number of halogens is 2. The van der Waals surface area contributed by atoms with E-state index in [-0.39, 0.29) is 17.2 Å². The number of nitrogens with zero attached hydrogens (tertiary/aromatic N) is 2. The minimum Gasteiger partial charge on any atom is -0.293 e. The van der Waals surface area contributed by atoms with Gasteiger partial charge < -0.3 is 0 Å². The van der Waals surface area contributed by atoms with E-state index >= 15 is 0 Å². The van der Waals surface area contributed by atoms with Crippen LogP contribution in [0.25, 0.3) is 0 Å². The van der Waals surface area contributed by atoms with Gasteiger partial charge in [-0.05, 0) is 23.1 Å². The molecule has 6 heteroatoms. The fraction of sp³-hybridized carbons (Fsp3) is 0.188. The minimum atomic E-state index is -0.972. The van der Waals surface area contributed by atoms with Gasteiger partial charge in [-0.3, -0.25) is 4.79 Å². The van der Waals surface area contributed by atoms with E-state index in [9.17, 15) is 15.3 Å². The van der Waals surface area contributed by atoms with Gasteiger partial charge in [0.05, 0.1) is 27.1 Å². The molecule has 0 aliphatic rings. The number of carbonyl (C=O) groups is 1. The summed E-state index contributed by atoms with van der Waals surface area (Å²) in [5.74, 6) is -1.71. The second-order valence-corrected chi connectivity index (χ2v) is 6.32. The lowest BCUT2D eigenvalue weighted by molar-refractivity contribution is 0.0975. The first-order valence-electron chi connectivity index (χ1n) is 6.38. The molecule has 0 unspecified atom stereocenters. The Morgan fingerprint density at radius 2 is 1.91 bits per heavy atom. The van der Waals surface area contributed by atoms with Crippen LogP contribution in [0.15, 0.2) is 35.7 Å². The van der Waals surface area contributed by atoms with Crippen LogP contribution >= 0.6 is 34.5 Å². The van der Waals surface area contributed by atoms with Crippen LogP contribution in [-0.4, -0.2) is 5.78 Å². The van der Waals surface area contributed by atoms with Gasteiger partial charge in [-0.2, -0.15) is 10.5 Å². The Bertz CT molecular complexity index is 745. The first kappa shape index (κ1) is 16.5. The number of hydrogen-bond donors (Lipinski definition) is 0. The van der Waals surface area contributed by atoms with Crippen molar-refractivity contribution in [2.24, 2.45) is 5.92 Å². The Kier molecular flexibility index (Phi) is 5.57. The predicted molar refractivity (Wildman–Crippen MR) is 87.2 cm³/mol. The third-order valence-electron chi connectivity index (χ3n) is 3.26. The van der Waals surface area contributed by atoms with Crippen molar-refractivity contribution in [1.29, 1.82) is 10.5 Å². The van der Waals surface area contributed by atoms with Crippen molar-refractivity contribution >= 4 is 40.3 Å². The quantitative estimate of drug-likeness (QED) is 0.708. The molecule has 1 atom stereocenters. The lowest BCUT2D eigenvalue weighted by Crippen LogP contribution is -2.15. The Labute approximate surface area is 142 Å². The molecule has 0 saturated heterocycles. The fourth-order valence-electron chi connectivity index (χ4n) is 2.16.